The van der Waals surface area contributed by atoms with Crippen LogP contribution < -0.4 is 5.32 Å². The average Bonchev–Trinajstić information content (AvgIpc) is 2.30. The zero-order valence-electron chi connectivity index (χ0n) is 12.0. The summed E-state index contributed by atoms with van der Waals surface area (Å²) in [5.74, 6) is -0.0547. The van der Waals surface area contributed by atoms with Crippen LogP contribution in [-0.2, 0) is 0 Å². The molecule has 0 aliphatic heterocycles. The standard InChI is InChI=1S/C16H23NO2/c1-10-8-11(2)15(12(3)9-10)16(19)17-13-6-4-5-7-14(13)18/h8-9,13-14,18H,4-7H2,1-3H3,(H,17,19). The highest BCUT2D eigenvalue weighted by atomic mass is 16.3. The monoisotopic (exact) mass is 261 g/mol. The van der Waals surface area contributed by atoms with Gasteiger partial charge in [0.2, 0.25) is 0 Å². The van der Waals surface area contributed by atoms with Gasteiger partial charge in [-0.05, 0) is 44.7 Å². The minimum atomic E-state index is -0.399. The molecule has 0 radical (unpaired) electrons. The molecule has 2 rings (SSSR count). The Labute approximate surface area is 115 Å². The summed E-state index contributed by atoms with van der Waals surface area (Å²) in [5.41, 5.74) is 3.92. The van der Waals surface area contributed by atoms with E-state index >= 15 is 0 Å². The molecule has 1 amide bonds. The predicted octanol–water partition coefficient (Wildman–Crippen LogP) is 2.65. The van der Waals surface area contributed by atoms with Crippen LogP contribution in [0.3, 0.4) is 0 Å². The van der Waals surface area contributed by atoms with E-state index in [0.717, 1.165) is 42.4 Å². The third kappa shape index (κ3) is 3.16. The van der Waals surface area contributed by atoms with E-state index in [2.05, 4.69) is 5.32 Å². The molecule has 2 atom stereocenters. The summed E-state index contributed by atoms with van der Waals surface area (Å²) in [6, 6.07) is 3.96. The summed E-state index contributed by atoms with van der Waals surface area (Å²) in [6.07, 6.45) is 3.39. The van der Waals surface area contributed by atoms with Gasteiger partial charge in [-0.3, -0.25) is 4.79 Å². The molecule has 0 spiro atoms. The first-order valence-corrected chi connectivity index (χ1v) is 7.06. The summed E-state index contributed by atoms with van der Waals surface area (Å²) < 4.78 is 0. The van der Waals surface area contributed by atoms with E-state index in [4.69, 9.17) is 0 Å². The Balaban J connectivity index is 2.16. The lowest BCUT2D eigenvalue weighted by molar-refractivity contribution is 0.0716. The van der Waals surface area contributed by atoms with Crippen molar-refractivity contribution in [2.75, 3.05) is 0 Å². The highest BCUT2D eigenvalue weighted by molar-refractivity contribution is 5.97. The summed E-state index contributed by atoms with van der Waals surface area (Å²) in [6.45, 7) is 5.96. The van der Waals surface area contributed by atoms with Crippen LogP contribution in [0.5, 0.6) is 0 Å². The fourth-order valence-electron chi connectivity index (χ4n) is 3.06. The van der Waals surface area contributed by atoms with Crippen molar-refractivity contribution in [3.8, 4) is 0 Å². The first-order valence-electron chi connectivity index (χ1n) is 7.06. The minimum absolute atomic E-state index is 0.0547. The molecular formula is C16H23NO2. The van der Waals surface area contributed by atoms with E-state index < -0.39 is 6.10 Å². The van der Waals surface area contributed by atoms with Crippen molar-refractivity contribution in [3.05, 3.63) is 34.4 Å². The first kappa shape index (κ1) is 14.1. The Morgan fingerprint density at radius 3 is 2.32 bits per heavy atom. The zero-order chi connectivity index (χ0) is 14.0. The van der Waals surface area contributed by atoms with Crippen LogP contribution >= 0.6 is 0 Å². The fraction of sp³-hybridized carbons (Fsp3) is 0.562. The maximum absolute atomic E-state index is 12.4. The molecule has 0 saturated heterocycles. The van der Waals surface area contributed by atoms with Gasteiger partial charge in [0.1, 0.15) is 0 Å². The molecule has 1 aromatic rings. The van der Waals surface area contributed by atoms with Gasteiger partial charge in [-0.2, -0.15) is 0 Å². The van der Waals surface area contributed by atoms with Gasteiger partial charge in [0, 0.05) is 5.56 Å². The molecule has 104 valence electrons. The quantitative estimate of drug-likeness (QED) is 0.860. The first-order chi connectivity index (χ1) is 8.99. The third-order valence-corrected chi connectivity index (χ3v) is 3.95. The molecule has 2 unspecified atom stereocenters. The van der Waals surface area contributed by atoms with Gasteiger partial charge in [-0.1, -0.05) is 30.5 Å². The van der Waals surface area contributed by atoms with Crippen LogP contribution in [0.25, 0.3) is 0 Å². The van der Waals surface area contributed by atoms with Crippen molar-refractivity contribution in [3.63, 3.8) is 0 Å². The Bertz CT molecular complexity index is 459. The van der Waals surface area contributed by atoms with Gasteiger partial charge in [0.25, 0.3) is 5.91 Å². The number of hydrogen-bond acceptors (Lipinski definition) is 2. The van der Waals surface area contributed by atoms with Crippen molar-refractivity contribution in [1.82, 2.24) is 5.32 Å². The third-order valence-electron chi connectivity index (χ3n) is 3.95. The molecule has 2 N–H and O–H groups in total. The number of rotatable bonds is 2. The predicted molar refractivity (Wildman–Crippen MR) is 76.4 cm³/mol. The van der Waals surface area contributed by atoms with Crippen LogP contribution in [0, 0.1) is 20.8 Å². The number of benzene rings is 1. The maximum atomic E-state index is 12.4. The number of aryl methyl sites for hydroxylation is 3. The number of carbonyl (C=O) groups excluding carboxylic acids is 1. The lowest BCUT2D eigenvalue weighted by atomic mass is 9.91. The second-order valence-electron chi connectivity index (χ2n) is 5.71. The molecule has 3 nitrogen and oxygen atoms in total. The number of hydrogen-bond donors (Lipinski definition) is 2. The SMILES string of the molecule is Cc1cc(C)c(C(=O)NC2CCCCC2O)c(C)c1. The maximum Gasteiger partial charge on any atom is 0.252 e. The van der Waals surface area contributed by atoms with Crippen LogP contribution in [0.4, 0.5) is 0 Å². The van der Waals surface area contributed by atoms with Crippen LogP contribution in [0.2, 0.25) is 0 Å². The van der Waals surface area contributed by atoms with Gasteiger partial charge < -0.3 is 10.4 Å². The van der Waals surface area contributed by atoms with Crippen molar-refractivity contribution in [1.29, 1.82) is 0 Å². The summed E-state index contributed by atoms with van der Waals surface area (Å²) >= 11 is 0. The minimum Gasteiger partial charge on any atom is -0.391 e. The van der Waals surface area contributed by atoms with E-state index in [1.54, 1.807) is 0 Å². The lowest BCUT2D eigenvalue weighted by Crippen LogP contribution is -2.45. The molecule has 1 saturated carbocycles. The zero-order valence-corrected chi connectivity index (χ0v) is 12.0. The normalized spacial score (nSPS) is 23.2. The Kier molecular flexibility index (Phi) is 4.25. The number of aliphatic hydroxyl groups is 1. The molecular weight excluding hydrogens is 238 g/mol. The second-order valence-corrected chi connectivity index (χ2v) is 5.71. The molecule has 19 heavy (non-hydrogen) atoms. The summed E-state index contributed by atoms with van der Waals surface area (Å²) in [7, 11) is 0. The van der Waals surface area contributed by atoms with Gasteiger partial charge in [-0.25, -0.2) is 0 Å². The Morgan fingerprint density at radius 2 is 1.74 bits per heavy atom. The topological polar surface area (TPSA) is 49.3 Å². The molecule has 0 heterocycles. The highest BCUT2D eigenvalue weighted by Gasteiger charge is 2.25. The Hall–Kier alpha value is -1.35. The fourth-order valence-corrected chi connectivity index (χ4v) is 3.06. The molecule has 0 aromatic heterocycles. The lowest BCUT2D eigenvalue weighted by Gasteiger charge is -2.28. The average molecular weight is 261 g/mol. The number of nitrogens with one attached hydrogen (secondary N) is 1. The largest absolute Gasteiger partial charge is 0.391 e. The number of amides is 1. The van der Waals surface area contributed by atoms with Crippen molar-refractivity contribution in [2.45, 2.75) is 58.6 Å². The molecule has 0 bridgehead atoms. The van der Waals surface area contributed by atoms with Crippen LogP contribution in [0.15, 0.2) is 12.1 Å². The molecule has 1 fully saturated rings. The second kappa shape index (κ2) is 5.74. The van der Waals surface area contributed by atoms with E-state index in [-0.39, 0.29) is 11.9 Å². The van der Waals surface area contributed by atoms with E-state index in [1.807, 2.05) is 32.9 Å². The van der Waals surface area contributed by atoms with E-state index in [1.165, 1.54) is 5.56 Å². The van der Waals surface area contributed by atoms with Gasteiger partial charge in [0.05, 0.1) is 12.1 Å². The van der Waals surface area contributed by atoms with Gasteiger partial charge in [0.15, 0.2) is 0 Å². The highest BCUT2D eigenvalue weighted by Crippen LogP contribution is 2.21. The van der Waals surface area contributed by atoms with Crippen molar-refractivity contribution < 1.29 is 9.90 Å². The Morgan fingerprint density at radius 1 is 1.16 bits per heavy atom. The van der Waals surface area contributed by atoms with Gasteiger partial charge >= 0.3 is 0 Å². The van der Waals surface area contributed by atoms with E-state index in [9.17, 15) is 9.90 Å². The smallest absolute Gasteiger partial charge is 0.252 e. The molecule has 1 aliphatic rings. The van der Waals surface area contributed by atoms with Crippen molar-refractivity contribution in [2.24, 2.45) is 0 Å². The molecule has 3 heteroatoms. The summed E-state index contributed by atoms with van der Waals surface area (Å²) in [4.78, 5) is 12.4. The molecule has 1 aromatic carbocycles. The van der Waals surface area contributed by atoms with Crippen LogP contribution in [-0.4, -0.2) is 23.2 Å². The van der Waals surface area contributed by atoms with Crippen molar-refractivity contribution >= 4 is 5.91 Å². The van der Waals surface area contributed by atoms with Crippen LogP contribution in [0.1, 0.15) is 52.7 Å². The molecule has 1 aliphatic carbocycles. The number of carbonyl (C=O) groups is 1. The summed E-state index contributed by atoms with van der Waals surface area (Å²) in [5, 5.41) is 12.9. The van der Waals surface area contributed by atoms with Gasteiger partial charge in [-0.15, -0.1) is 0 Å². The number of aliphatic hydroxyl groups excluding tert-OH is 1. The van der Waals surface area contributed by atoms with E-state index in [0.29, 0.717) is 0 Å².